The van der Waals surface area contributed by atoms with Gasteiger partial charge in [0, 0.05) is 6.54 Å². The summed E-state index contributed by atoms with van der Waals surface area (Å²) in [5.41, 5.74) is 0.00694. The fourth-order valence-corrected chi connectivity index (χ4v) is 2.02. The summed E-state index contributed by atoms with van der Waals surface area (Å²) in [7, 11) is 0. The molecule has 1 saturated carbocycles. The van der Waals surface area contributed by atoms with Gasteiger partial charge < -0.3 is 15.2 Å². The molecule has 1 atom stereocenters. The average Bonchev–Trinajstić information content (AvgIpc) is 2.01. The predicted molar refractivity (Wildman–Crippen MR) is 41.4 cm³/mol. The van der Waals surface area contributed by atoms with Gasteiger partial charge in [-0.15, -0.1) is 0 Å². The molecule has 2 rings (SSSR count). The highest BCUT2D eigenvalue weighted by Gasteiger charge is 2.46. The van der Waals surface area contributed by atoms with Crippen LogP contribution >= 0.6 is 0 Å². The van der Waals surface area contributed by atoms with E-state index in [2.05, 4.69) is 5.32 Å². The van der Waals surface area contributed by atoms with Crippen LogP contribution in [0, 0.1) is 0 Å². The summed E-state index contributed by atoms with van der Waals surface area (Å²) in [6.07, 6.45) is 3.48. The molecule has 0 bridgehead atoms. The summed E-state index contributed by atoms with van der Waals surface area (Å²) in [6, 6.07) is 0.185. The molecule has 2 aliphatic rings. The lowest BCUT2D eigenvalue weighted by Gasteiger charge is -2.49. The molecular weight excluding hydrogens is 142 g/mol. The van der Waals surface area contributed by atoms with Gasteiger partial charge in [0.05, 0.1) is 24.9 Å². The van der Waals surface area contributed by atoms with Crippen molar-refractivity contribution in [1.29, 1.82) is 0 Å². The Labute approximate surface area is 66.7 Å². The molecule has 1 aliphatic heterocycles. The molecule has 0 amide bonds. The van der Waals surface area contributed by atoms with Gasteiger partial charge in [-0.2, -0.15) is 0 Å². The fraction of sp³-hybridized carbons (Fsp3) is 1.00. The van der Waals surface area contributed by atoms with Crippen LogP contribution in [0.4, 0.5) is 0 Å². The van der Waals surface area contributed by atoms with Crippen molar-refractivity contribution in [3.8, 4) is 0 Å². The third-order valence-corrected chi connectivity index (χ3v) is 2.90. The number of rotatable bonds is 1. The molecule has 0 aromatic carbocycles. The van der Waals surface area contributed by atoms with E-state index in [1.54, 1.807) is 0 Å². The van der Waals surface area contributed by atoms with Crippen LogP contribution < -0.4 is 5.32 Å². The van der Waals surface area contributed by atoms with E-state index in [1.165, 1.54) is 6.42 Å². The molecule has 2 N–H and O–H groups in total. The maximum Gasteiger partial charge on any atom is 0.0857 e. The van der Waals surface area contributed by atoms with Crippen molar-refractivity contribution in [2.24, 2.45) is 0 Å². The lowest BCUT2D eigenvalue weighted by atomic mass is 9.74. The van der Waals surface area contributed by atoms with Gasteiger partial charge in [0.25, 0.3) is 0 Å². The van der Waals surface area contributed by atoms with Gasteiger partial charge in [-0.05, 0) is 19.3 Å². The number of hydrogen-bond acceptors (Lipinski definition) is 3. The van der Waals surface area contributed by atoms with E-state index in [4.69, 9.17) is 9.84 Å². The molecular formula is C8H15NO2. The number of ether oxygens (including phenoxy) is 1. The van der Waals surface area contributed by atoms with Crippen LogP contribution in [0.25, 0.3) is 0 Å². The lowest BCUT2D eigenvalue weighted by Crippen LogP contribution is -2.62. The minimum absolute atomic E-state index is 0.00694. The number of morpholine rings is 1. The van der Waals surface area contributed by atoms with E-state index in [0.29, 0.717) is 0 Å². The summed E-state index contributed by atoms with van der Waals surface area (Å²) in [5.74, 6) is 0. The first kappa shape index (κ1) is 7.53. The fourth-order valence-electron chi connectivity index (χ4n) is 2.02. The van der Waals surface area contributed by atoms with Crippen molar-refractivity contribution < 1.29 is 9.84 Å². The second kappa shape index (κ2) is 2.73. The van der Waals surface area contributed by atoms with E-state index in [1.807, 2.05) is 0 Å². The quantitative estimate of drug-likeness (QED) is 0.558. The van der Waals surface area contributed by atoms with Crippen molar-refractivity contribution in [2.75, 3.05) is 19.8 Å². The Hall–Kier alpha value is -0.120. The second-order valence-electron chi connectivity index (χ2n) is 3.46. The molecule has 0 radical (unpaired) electrons. The molecule has 2 fully saturated rings. The zero-order chi connectivity index (χ0) is 7.73. The van der Waals surface area contributed by atoms with Gasteiger partial charge in [0.1, 0.15) is 0 Å². The average molecular weight is 157 g/mol. The van der Waals surface area contributed by atoms with Crippen molar-refractivity contribution in [3.05, 3.63) is 0 Å². The number of hydrogen-bond donors (Lipinski definition) is 2. The predicted octanol–water partition coefficient (Wildman–Crippen LogP) is -0.110. The van der Waals surface area contributed by atoms with Crippen LogP contribution in [0.2, 0.25) is 0 Å². The van der Waals surface area contributed by atoms with Crippen molar-refractivity contribution in [2.45, 2.75) is 30.9 Å². The zero-order valence-corrected chi connectivity index (χ0v) is 6.68. The molecule has 1 aliphatic carbocycles. The molecule has 64 valence electrons. The van der Waals surface area contributed by atoms with Crippen molar-refractivity contribution in [3.63, 3.8) is 0 Å². The molecule has 3 nitrogen and oxygen atoms in total. The Kier molecular flexibility index (Phi) is 1.87. The first-order chi connectivity index (χ1) is 5.37. The van der Waals surface area contributed by atoms with E-state index >= 15 is 0 Å². The summed E-state index contributed by atoms with van der Waals surface area (Å²) >= 11 is 0. The number of nitrogens with one attached hydrogen (secondary N) is 1. The minimum atomic E-state index is 0.00694. The Balaban J connectivity index is 2.02. The first-order valence-electron chi connectivity index (χ1n) is 4.36. The van der Waals surface area contributed by atoms with Crippen molar-refractivity contribution in [1.82, 2.24) is 5.32 Å². The smallest absolute Gasteiger partial charge is 0.0857 e. The van der Waals surface area contributed by atoms with Gasteiger partial charge in [-0.25, -0.2) is 0 Å². The Bertz CT molecular complexity index is 145. The maximum atomic E-state index is 9.05. The lowest BCUT2D eigenvalue weighted by molar-refractivity contribution is -0.152. The zero-order valence-electron chi connectivity index (χ0n) is 6.68. The molecule has 1 spiro atoms. The van der Waals surface area contributed by atoms with Crippen LogP contribution in [-0.2, 0) is 4.74 Å². The van der Waals surface area contributed by atoms with Crippen LogP contribution in [-0.4, -0.2) is 36.5 Å². The Morgan fingerprint density at radius 2 is 2.36 bits per heavy atom. The van der Waals surface area contributed by atoms with E-state index in [9.17, 15) is 0 Å². The van der Waals surface area contributed by atoms with Crippen LogP contribution in [0.1, 0.15) is 19.3 Å². The van der Waals surface area contributed by atoms with Crippen LogP contribution in [0.3, 0.4) is 0 Å². The highest BCUT2D eigenvalue weighted by atomic mass is 16.5. The summed E-state index contributed by atoms with van der Waals surface area (Å²) in [6.45, 7) is 1.89. The molecule has 1 unspecified atom stereocenters. The third kappa shape index (κ3) is 1.08. The molecule has 3 heteroatoms. The van der Waals surface area contributed by atoms with Gasteiger partial charge in [0.2, 0.25) is 0 Å². The van der Waals surface area contributed by atoms with Gasteiger partial charge in [0.15, 0.2) is 0 Å². The highest BCUT2D eigenvalue weighted by Crippen LogP contribution is 2.39. The van der Waals surface area contributed by atoms with E-state index in [0.717, 1.165) is 26.0 Å². The SMILES string of the molecule is OCC1NCCOC12CCC2. The maximum absolute atomic E-state index is 9.05. The normalized spacial score (nSPS) is 35.2. The number of aliphatic hydroxyl groups is 1. The monoisotopic (exact) mass is 157 g/mol. The van der Waals surface area contributed by atoms with Crippen LogP contribution in [0.15, 0.2) is 0 Å². The summed E-state index contributed by atoms with van der Waals surface area (Å²) < 4.78 is 5.68. The molecule has 1 heterocycles. The highest BCUT2D eigenvalue weighted by molar-refractivity contribution is 5.01. The topological polar surface area (TPSA) is 41.5 Å². The van der Waals surface area contributed by atoms with Crippen LogP contribution in [0.5, 0.6) is 0 Å². The molecule has 0 aromatic rings. The Morgan fingerprint density at radius 1 is 1.55 bits per heavy atom. The summed E-state index contributed by atoms with van der Waals surface area (Å²) in [4.78, 5) is 0. The van der Waals surface area contributed by atoms with Crippen molar-refractivity contribution >= 4 is 0 Å². The summed E-state index contributed by atoms with van der Waals surface area (Å²) in [5, 5.41) is 12.3. The molecule has 0 aromatic heterocycles. The van der Waals surface area contributed by atoms with Gasteiger partial charge in [-0.3, -0.25) is 0 Å². The standard InChI is InChI=1S/C8H15NO2/c10-6-7-8(2-1-3-8)11-5-4-9-7/h7,9-10H,1-6H2. The van der Waals surface area contributed by atoms with E-state index in [-0.39, 0.29) is 18.2 Å². The third-order valence-electron chi connectivity index (χ3n) is 2.90. The van der Waals surface area contributed by atoms with Gasteiger partial charge in [-0.1, -0.05) is 0 Å². The van der Waals surface area contributed by atoms with Gasteiger partial charge >= 0.3 is 0 Å². The molecule has 11 heavy (non-hydrogen) atoms. The van der Waals surface area contributed by atoms with E-state index < -0.39 is 0 Å². The molecule has 1 saturated heterocycles. The second-order valence-corrected chi connectivity index (χ2v) is 3.46. The largest absolute Gasteiger partial charge is 0.395 e. The number of aliphatic hydroxyl groups excluding tert-OH is 1. The first-order valence-corrected chi connectivity index (χ1v) is 4.36. The minimum Gasteiger partial charge on any atom is -0.395 e. The Morgan fingerprint density at radius 3 is 2.82 bits per heavy atom.